The molecule has 1 amide bonds. The Labute approximate surface area is 152 Å². The van der Waals surface area contributed by atoms with Gasteiger partial charge in [-0.3, -0.25) is 14.4 Å². The number of hydrogen-bond donors (Lipinski definition) is 1. The maximum Gasteiger partial charge on any atom is 0.326 e. The number of methoxy groups -OCH3 is 1. The van der Waals surface area contributed by atoms with Crippen molar-refractivity contribution >= 4 is 17.7 Å². The molecule has 0 heterocycles. The molecule has 0 aliphatic heterocycles. The number of Topliss-reactive ketones (excluding diaryl/α,β-unsaturated/α-hetero) is 1. The molecule has 136 valence electrons. The molecule has 2 aromatic carbocycles. The predicted molar refractivity (Wildman–Crippen MR) is 96.4 cm³/mol. The van der Waals surface area contributed by atoms with Gasteiger partial charge in [0.2, 0.25) is 5.78 Å². The summed E-state index contributed by atoms with van der Waals surface area (Å²) in [6.07, 6.45) is -0.937. The van der Waals surface area contributed by atoms with Crippen LogP contribution in [0.4, 0.5) is 0 Å². The molecule has 1 N–H and O–H groups in total. The van der Waals surface area contributed by atoms with Crippen LogP contribution in [0.15, 0.2) is 48.5 Å². The highest BCUT2D eigenvalue weighted by Gasteiger charge is 2.20. The topological polar surface area (TPSA) is 81.7 Å². The lowest BCUT2D eigenvalue weighted by molar-refractivity contribution is -0.145. The number of ketones is 1. The van der Waals surface area contributed by atoms with Crippen LogP contribution in [0.5, 0.6) is 5.75 Å². The summed E-state index contributed by atoms with van der Waals surface area (Å²) in [7, 11) is 1.46. The van der Waals surface area contributed by atoms with Gasteiger partial charge in [-0.1, -0.05) is 42.0 Å². The van der Waals surface area contributed by atoms with Gasteiger partial charge in [0.05, 0.1) is 12.7 Å². The van der Waals surface area contributed by atoms with E-state index in [0.29, 0.717) is 16.9 Å². The van der Waals surface area contributed by atoms with Gasteiger partial charge >= 0.3 is 5.97 Å². The number of hydrogen-bond acceptors (Lipinski definition) is 5. The Balaban J connectivity index is 1.89. The lowest BCUT2D eigenvalue weighted by Gasteiger charge is -2.13. The van der Waals surface area contributed by atoms with E-state index in [1.165, 1.54) is 14.0 Å². The zero-order chi connectivity index (χ0) is 19.1. The monoisotopic (exact) mass is 355 g/mol. The maximum absolute atomic E-state index is 12.3. The van der Waals surface area contributed by atoms with E-state index in [-0.39, 0.29) is 12.3 Å². The average Bonchev–Trinajstić information content (AvgIpc) is 2.66. The van der Waals surface area contributed by atoms with E-state index in [0.717, 1.165) is 5.56 Å². The Hall–Kier alpha value is -3.15. The standard InChI is InChI=1S/C20H21NO5/c1-13-8-10-15(11-9-13)19(23)14(2)26-18(22)12-21-20(24)16-6-4-5-7-17(16)25-3/h4-11,14H,12H2,1-3H3,(H,21,24)/t14-/m1/s1. The normalized spacial score (nSPS) is 11.3. The van der Waals surface area contributed by atoms with Crippen molar-refractivity contribution in [3.8, 4) is 5.75 Å². The van der Waals surface area contributed by atoms with Gasteiger partial charge in [-0.05, 0) is 26.0 Å². The minimum Gasteiger partial charge on any atom is -0.496 e. The minimum absolute atomic E-state index is 0.297. The van der Waals surface area contributed by atoms with Crippen LogP contribution in [0, 0.1) is 6.92 Å². The zero-order valence-corrected chi connectivity index (χ0v) is 14.9. The van der Waals surface area contributed by atoms with Gasteiger partial charge in [0.1, 0.15) is 12.3 Å². The van der Waals surface area contributed by atoms with Crippen LogP contribution in [0.1, 0.15) is 33.2 Å². The summed E-state index contributed by atoms with van der Waals surface area (Å²) in [4.78, 5) is 36.3. The van der Waals surface area contributed by atoms with Gasteiger partial charge in [-0.15, -0.1) is 0 Å². The Morgan fingerprint density at radius 3 is 2.35 bits per heavy atom. The number of aryl methyl sites for hydroxylation is 1. The first-order valence-corrected chi connectivity index (χ1v) is 8.14. The molecule has 26 heavy (non-hydrogen) atoms. The molecule has 0 saturated carbocycles. The molecule has 0 aliphatic carbocycles. The van der Waals surface area contributed by atoms with Crippen LogP contribution < -0.4 is 10.1 Å². The van der Waals surface area contributed by atoms with Crippen LogP contribution in [-0.2, 0) is 9.53 Å². The molecule has 0 fully saturated rings. The van der Waals surface area contributed by atoms with E-state index < -0.39 is 18.0 Å². The summed E-state index contributed by atoms with van der Waals surface area (Å²) >= 11 is 0. The second-order valence-electron chi connectivity index (χ2n) is 5.75. The Morgan fingerprint density at radius 2 is 1.69 bits per heavy atom. The molecule has 0 radical (unpaired) electrons. The molecule has 0 bridgehead atoms. The smallest absolute Gasteiger partial charge is 0.326 e. The molecular weight excluding hydrogens is 334 g/mol. The zero-order valence-electron chi connectivity index (χ0n) is 14.9. The quantitative estimate of drug-likeness (QED) is 0.610. The lowest BCUT2D eigenvalue weighted by atomic mass is 10.1. The molecule has 6 heteroatoms. The van der Waals surface area contributed by atoms with Crippen molar-refractivity contribution in [1.82, 2.24) is 5.32 Å². The third kappa shape index (κ3) is 4.92. The summed E-state index contributed by atoms with van der Waals surface area (Å²) in [6.45, 7) is 3.08. The van der Waals surface area contributed by atoms with E-state index in [4.69, 9.17) is 9.47 Å². The van der Waals surface area contributed by atoms with Crippen LogP contribution in [0.3, 0.4) is 0 Å². The second-order valence-corrected chi connectivity index (χ2v) is 5.75. The summed E-state index contributed by atoms with van der Waals surface area (Å²) in [6, 6.07) is 13.7. The molecule has 0 unspecified atom stereocenters. The maximum atomic E-state index is 12.3. The molecule has 0 aliphatic rings. The Kier molecular flexibility index (Phi) is 6.49. The van der Waals surface area contributed by atoms with Crippen LogP contribution in [0.2, 0.25) is 0 Å². The van der Waals surface area contributed by atoms with Gasteiger partial charge in [0.25, 0.3) is 5.91 Å². The number of para-hydroxylation sites is 1. The van der Waals surface area contributed by atoms with Gasteiger partial charge in [-0.25, -0.2) is 0 Å². The summed E-state index contributed by atoms with van der Waals surface area (Å²) in [5.41, 5.74) is 1.81. The molecular formula is C20H21NO5. The van der Waals surface area contributed by atoms with Gasteiger partial charge in [0.15, 0.2) is 6.10 Å². The number of nitrogens with one attached hydrogen (secondary N) is 1. The first-order valence-electron chi connectivity index (χ1n) is 8.14. The third-order valence-corrected chi connectivity index (χ3v) is 3.76. The SMILES string of the molecule is COc1ccccc1C(=O)NCC(=O)O[C@H](C)C(=O)c1ccc(C)cc1. The van der Waals surface area contributed by atoms with E-state index in [2.05, 4.69) is 5.32 Å². The van der Waals surface area contributed by atoms with Gasteiger partial charge < -0.3 is 14.8 Å². The number of rotatable bonds is 7. The van der Waals surface area contributed by atoms with Crippen molar-refractivity contribution in [2.75, 3.05) is 13.7 Å². The van der Waals surface area contributed by atoms with Crippen molar-refractivity contribution < 1.29 is 23.9 Å². The molecule has 2 aromatic rings. The predicted octanol–water partition coefficient (Wildman–Crippen LogP) is 2.55. The number of carbonyl (C=O) groups excluding carboxylic acids is 3. The van der Waals surface area contributed by atoms with Crippen molar-refractivity contribution in [1.29, 1.82) is 0 Å². The molecule has 2 rings (SSSR count). The second kappa shape index (κ2) is 8.80. The number of carbonyl (C=O) groups is 3. The third-order valence-electron chi connectivity index (χ3n) is 3.76. The summed E-state index contributed by atoms with van der Waals surface area (Å²) < 4.78 is 10.2. The van der Waals surface area contributed by atoms with Crippen molar-refractivity contribution in [2.45, 2.75) is 20.0 Å². The fraction of sp³-hybridized carbons (Fsp3) is 0.250. The summed E-state index contributed by atoms with van der Waals surface area (Å²) in [5.74, 6) is -1.05. The number of esters is 1. The molecule has 0 spiro atoms. The van der Waals surface area contributed by atoms with Crippen molar-refractivity contribution in [2.24, 2.45) is 0 Å². The molecule has 1 atom stereocenters. The minimum atomic E-state index is -0.937. The number of ether oxygens (including phenoxy) is 2. The van der Waals surface area contributed by atoms with Crippen LogP contribution in [0.25, 0.3) is 0 Å². The van der Waals surface area contributed by atoms with Crippen LogP contribution >= 0.6 is 0 Å². The fourth-order valence-electron chi connectivity index (χ4n) is 2.32. The fourth-order valence-corrected chi connectivity index (χ4v) is 2.32. The van der Waals surface area contributed by atoms with Crippen molar-refractivity contribution in [3.05, 3.63) is 65.2 Å². The van der Waals surface area contributed by atoms with E-state index in [9.17, 15) is 14.4 Å². The van der Waals surface area contributed by atoms with Crippen LogP contribution in [-0.4, -0.2) is 37.4 Å². The highest BCUT2D eigenvalue weighted by atomic mass is 16.5. The number of amides is 1. The molecule has 6 nitrogen and oxygen atoms in total. The van der Waals surface area contributed by atoms with E-state index >= 15 is 0 Å². The molecule has 0 aromatic heterocycles. The Morgan fingerprint density at radius 1 is 1.04 bits per heavy atom. The highest BCUT2D eigenvalue weighted by molar-refractivity contribution is 6.01. The van der Waals surface area contributed by atoms with Gasteiger partial charge in [-0.2, -0.15) is 0 Å². The first-order chi connectivity index (χ1) is 12.4. The highest BCUT2D eigenvalue weighted by Crippen LogP contribution is 2.16. The van der Waals surface area contributed by atoms with E-state index in [1.807, 2.05) is 19.1 Å². The first kappa shape index (κ1) is 19.2. The average molecular weight is 355 g/mol. The lowest BCUT2D eigenvalue weighted by Crippen LogP contribution is -2.34. The summed E-state index contributed by atoms with van der Waals surface area (Å²) in [5, 5.41) is 2.46. The van der Waals surface area contributed by atoms with Gasteiger partial charge in [0, 0.05) is 5.56 Å². The Bertz CT molecular complexity index is 798. The van der Waals surface area contributed by atoms with Crippen molar-refractivity contribution in [3.63, 3.8) is 0 Å². The molecule has 0 saturated heterocycles. The van der Waals surface area contributed by atoms with E-state index in [1.54, 1.807) is 36.4 Å². The largest absolute Gasteiger partial charge is 0.496 e. The number of benzene rings is 2.